The Hall–Kier alpha value is -4.52. The Morgan fingerprint density at radius 1 is 0.719 bits per heavy atom. The second kappa shape index (κ2) is 8.31. The Kier molecular flexibility index (Phi) is 5.39. The van der Waals surface area contributed by atoms with E-state index in [9.17, 15) is 19.8 Å². The van der Waals surface area contributed by atoms with Gasteiger partial charge in [0.25, 0.3) is 0 Å². The largest absolute Gasteiger partial charge is 0.497 e. The molecule has 0 bridgehead atoms. The summed E-state index contributed by atoms with van der Waals surface area (Å²) >= 11 is 0. The summed E-state index contributed by atoms with van der Waals surface area (Å²) in [6, 6.07) is 19.8. The van der Waals surface area contributed by atoms with Gasteiger partial charge in [0.05, 0.1) is 18.2 Å². The fourth-order valence-electron chi connectivity index (χ4n) is 3.50. The first-order valence-electron chi connectivity index (χ1n) is 9.62. The lowest BCUT2D eigenvalue weighted by molar-refractivity contribution is 0.0696. The number of ether oxygens (including phenoxy) is 2. The summed E-state index contributed by atoms with van der Waals surface area (Å²) in [5.41, 5.74) is 6.43. The van der Waals surface area contributed by atoms with Gasteiger partial charge < -0.3 is 25.4 Å². The quantitative estimate of drug-likeness (QED) is 0.356. The molecule has 0 radical (unpaired) electrons. The summed E-state index contributed by atoms with van der Waals surface area (Å²) in [5, 5.41) is 21.4. The van der Waals surface area contributed by atoms with Gasteiger partial charge in [-0.3, -0.25) is 0 Å². The predicted octanol–water partition coefficient (Wildman–Crippen LogP) is 5.29. The maximum absolute atomic E-state index is 12.1. The fourth-order valence-corrected chi connectivity index (χ4v) is 3.50. The van der Waals surface area contributed by atoms with Gasteiger partial charge in [0.15, 0.2) is 0 Å². The van der Waals surface area contributed by atoms with Gasteiger partial charge in [-0.15, -0.1) is 0 Å². The standard InChI is InChI=1S/C25H19NO6/c1-31-19-7-4-14-10-16(3-2-15(14)11-19)23-21(24(27)28)12-20(13-22(23)25(29)30)32-18-8-5-17(26)6-9-18/h2-13H,26H2,1H3,(H,27,28)(H,29,30). The number of carboxylic acids is 2. The molecule has 4 rings (SSSR count). The van der Waals surface area contributed by atoms with Gasteiger partial charge in [-0.05, 0) is 70.9 Å². The Morgan fingerprint density at radius 2 is 1.28 bits per heavy atom. The van der Waals surface area contributed by atoms with E-state index in [0.717, 1.165) is 10.8 Å². The van der Waals surface area contributed by atoms with Gasteiger partial charge in [-0.25, -0.2) is 9.59 Å². The molecule has 0 aliphatic carbocycles. The van der Waals surface area contributed by atoms with Gasteiger partial charge in [0.2, 0.25) is 0 Å². The highest BCUT2D eigenvalue weighted by molar-refractivity contribution is 6.06. The van der Waals surface area contributed by atoms with Crippen molar-refractivity contribution >= 4 is 28.4 Å². The fraction of sp³-hybridized carbons (Fsp3) is 0.0400. The number of hydrogen-bond donors (Lipinski definition) is 3. The predicted molar refractivity (Wildman–Crippen MR) is 121 cm³/mol. The van der Waals surface area contributed by atoms with Crippen LogP contribution in [0.5, 0.6) is 17.2 Å². The molecule has 4 N–H and O–H groups in total. The van der Waals surface area contributed by atoms with Crippen LogP contribution in [0, 0.1) is 0 Å². The molecule has 0 spiro atoms. The second-order valence-electron chi connectivity index (χ2n) is 7.10. The van der Waals surface area contributed by atoms with E-state index in [1.165, 1.54) is 12.1 Å². The van der Waals surface area contributed by atoms with E-state index >= 15 is 0 Å². The number of aromatic carboxylic acids is 2. The molecule has 7 nitrogen and oxygen atoms in total. The molecular formula is C25H19NO6. The number of carbonyl (C=O) groups is 2. The van der Waals surface area contributed by atoms with Gasteiger partial charge in [0, 0.05) is 11.3 Å². The van der Waals surface area contributed by atoms with E-state index in [2.05, 4.69) is 0 Å². The zero-order valence-electron chi connectivity index (χ0n) is 17.0. The molecule has 0 unspecified atom stereocenters. The van der Waals surface area contributed by atoms with E-state index in [1.807, 2.05) is 12.1 Å². The highest BCUT2D eigenvalue weighted by Gasteiger charge is 2.23. The van der Waals surface area contributed by atoms with Crippen LogP contribution in [-0.2, 0) is 0 Å². The van der Waals surface area contributed by atoms with Crippen molar-refractivity contribution in [3.05, 3.63) is 83.9 Å². The van der Waals surface area contributed by atoms with E-state index in [-0.39, 0.29) is 22.4 Å². The van der Waals surface area contributed by atoms with Crippen LogP contribution in [0.15, 0.2) is 72.8 Å². The molecule has 160 valence electrons. The van der Waals surface area contributed by atoms with Gasteiger partial charge >= 0.3 is 11.9 Å². The Labute approximate surface area is 183 Å². The Balaban J connectivity index is 1.87. The van der Waals surface area contributed by atoms with Gasteiger partial charge in [0.1, 0.15) is 17.2 Å². The number of methoxy groups -OCH3 is 1. The van der Waals surface area contributed by atoms with Crippen molar-refractivity contribution in [3.63, 3.8) is 0 Å². The van der Waals surface area contributed by atoms with Crippen molar-refractivity contribution in [2.45, 2.75) is 0 Å². The number of benzene rings is 4. The van der Waals surface area contributed by atoms with Crippen molar-refractivity contribution in [1.82, 2.24) is 0 Å². The number of carboxylic acid groups (broad SMARTS) is 2. The topological polar surface area (TPSA) is 119 Å². The molecule has 0 fully saturated rings. The molecule has 0 amide bonds. The van der Waals surface area contributed by atoms with Crippen LogP contribution in [0.25, 0.3) is 21.9 Å². The average Bonchev–Trinajstić information content (AvgIpc) is 2.79. The number of fused-ring (bicyclic) bond motifs is 1. The van der Waals surface area contributed by atoms with Crippen molar-refractivity contribution in [2.24, 2.45) is 0 Å². The van der Waals surface area contributed by atoms with E-state index < -0.39 is 11.9 Å². The summed E-state index contributed by atoms with van der Waals surface area (Å²) in [6.07, 6.45) is 0. The lowest BCUT2D eigenvalue weighted by Gasteiger charge is -2.15. The third-order valence-corrected chi connectivity index (χ3v) is 5.02. The van der Waals surface area contributed by atoms with Crippen molar-refractivity contribution < 1.29 is 29.3 Å². The minimum atomic E-state index is -1.26. The maximum atomic E-state index is 12.1. The highest BCUT2D eigenvalue weighted by atomic mass is 16.5. The smallest absolute Gasteiger partial charge is 0.336 e. The Morgan fingerprint density at radius 3 is 1.88 bits per heavy atom. The zero-order valence-corrected chi connectivity index (χ0v) is 17.0. The first-order chi connectivity index (χ1) is 15.4. The zero-order chi connectivity index (χ0) is 22.8. The summed E-state index contributed by atoms with van der Waals surface area (Å²) < 4.78 is 10.9. The molecule has 0 aliphatic heterocycles. The number of nitrogens with two attached hydrogens (primary N) is 1. The lowest BCUT2D eigenvalue weighted by Crippen LogP contribution is -2.08. The van der Waals surface area contributed by atoms with Crippen LogP contribution in [-0.4, -0.2) is 29.3 Å². The van der Waals surface area contributed by atoms with Crippen LogP contribution in [0.1, 0.15) is 20.7 Å². The summed E-state index contributed by atoms with van der Waals surface area (Å²) in [5.74, 6) is -1.34. The molecule has 7 heteroatoms. The number of nitrogen functional groups attached to an aromatic ring is 1. The van der Waals surface area contributed by atoms with Crippen LogP contribution in [0.4, 0.5) is 5.69 Å². The third-order valence-electron chi connectivity index (χ3n) is 5.02. The first-order valence-corrected chi connectivity index (χ1v) is 9.62. The number of hydrogen-bond acceptors (Lipinski definition) is 5. The molecule has 0 atom stereocenters. The molecular weight excluding hydrogens is 410 g/mol. The average molecular weight is 429 g/mol. The molecule has 0 saturated heterocycles. The first kappa shape index (κ1) is 20.7. The molecule has 0 aliphatic rings. The van der Waals surface area contributed by atoms with Crippen LogP contribution >= 0.6 is 0 Å². The summed E-state index contributed by atoms with van der Waals surface area (Å²) in [7, 11) is 1.57. The molecule has 0 aromatic heterocycles. The van der Waals surface area contributed by atoms with Gasteiger partial charge in [-0.1, -0.05) is 18.2 Å². The molecule has 4 aromatic rings. The highest BCUT2D eigenvalue weighted by Crippen LogP contribution is 2.36. The monoisotopic (exact) mass is 429 g/mol. The third kappa shape index (κ3) is 4.04. The molecule has 0 heterocycles. The lowest BCUT2D eigenvalue weighted by atomic mass is 9.92. The molecule has 4 aromatic carbocycles. The minimum absolute atomic E-state index is 0.0962. The SMILES string of the molecule is COc1ccc2cc(-c3c(C(=O)O)cc(Oc4ccc(N)cc4)cc3C(=O)O)ccc2c1. The molecule has 0 saturated carbocycles. The normalized spacial score (nSPS) is 10.7. The van der Waals surface area contributed by atoms with Crippen LogP contribution in [0.2, 0.25) is 0 Å². The number of anilines is 1. The second-order valence-corrected chi connectivity index (χ2v) is 7.10. The van der Waals surface area contributed by atoms with Crippen molar-refractivity contribution in [3.8, 4) is 28.4 Å². The molecule has 32 heavy (non-hydrogen) atoms. The van der Waals surface area contributed by atoms with Crippen molar-refractivity contribution in [2.75, 3.05) is 12.8 Å². The summed E-state index contributed by atoms with van der Waals surface area (Å²) in [6.45, 7) is 0. The summed E-state index contributed by atoms with van der Waals surface area (Å²) in [4.78, 5) is 24.2. The van der Waals surface area contributed by atoms with E-state index in [0.29, 0.717) is 22.7 Å². The van der Waals surface area contributed by atoms with Gasteiger partial charge in [-0.2, -0.15) is 0 Å². The van der Waals surface area contributed by atoms with E-state index in [1.54, 1.807) is 55.6 Å². The Bertz CT molecular complexity index is 1310. The van der Waals surface area contributed by atoms with E-state index in [4.69, 9.17) is 15.2 Å². The maximum Gasteiger partial charge on any atom is 0.336 e. The van der Waals surface area contributed by atoms with Crippen LogP contribution < -0.4 is 15.2 Å². The minimum Gasteiger partial charge on any atom is -0.497 e. The number of rotatable bonds is 6. The van der Waals surface area contributed by atoms with Crippen molar-refractivity contribution in [1.29, 1.82) is 0 Å². The van der Waals surface area contributed by atoms with Crippen LogP contribution in [0.3, 0.4) is 0 Å².